The van der Waals surface area contributed by atoms with Crippen molar-refractivity contribution < 1.29 is 13.2 Å². The first-order valence-electron chi connectivity index (χ1n) is 11.5. The lowest BCUT2D eigenvalue weighted by molar-refractivity contribution is -0.126. The summed E-state index contributed by atoms with van der Waals surface area (Å²) >= 11 is 0. The Labute approximate surface area is 184 Å². The number of fused-ring (bicyclic) bond motifs is 2. The summed E-state index contributed by atoms with van der Waals surface area (Å²) in [5.41, 5.74) is 3.09. The van der Waals surface area contributed by atoms with E-state index in [1.165, 1.54) is 19.3 Å². The fourth-order valence-electron chi connectivity index (χ4n) is 5.70. The zero-order valence-electron chi connectivity index (χ0n) is 17.9. The van der Waals surface area contributed by atoms with Gasteiger partial charge in [0.25, 0.3) is 0 Å². The van der Waals surface area contributed by atoms with Gasteiger partial charge >= 0.3 is 0 Å². The van der Waals surface area contributed by atoms with Gasteiger partial charge in [-0.05, 0) is 66.3 Å². The van der Waals surface area contributed by atoms with Crippen LogP contribution in [0.1, 0.15) is 38.5 Å². The quantitative estimate of drug-likeness (QED) is 0.772. The summed E-state index contributed by atoms with van der Waals surface area (Å²) in [5, 5.41) is 4.04. The predicted molar refractivity (Wildman–Crippen MR) is 121 cm³/mol. The van der Waals surface area contributed by atoms with Crippen molar-refractivity contribution in [3.05, 3.63) is 42.5 Å². The van der Waals surface area contributed by atoms with Gasteiger partial charge in [0.1, 0.15) is 0 Å². The average Bonchev–Trinajstić information content (AvgIpc) is 3.35. The zero-order valence-corrected chi connectivity index (χ0v) is 18.7. The average molecular weight is 442 g/mol. The van der Waals surface area contributed by atoms with E-state index in [1.54, 1.807) is 16.4 Å². The molecule has 0 bridgehead atoms. The third-order valence-electron chi connectivity index (χ3n) is 7.32. The molecule has 2 heterocycles. The maximum atomic E-state index is 13.3. The molecule has 2 aromatic rings. The Morgan fingerprint density at radius 2 is 1.68 bits per heavy atom. The smallest absolute Gasteiger partial charge is 0.243 e. The molecule has 3 aliphatic rings. The standard InChI is InChI=1S/C24H31N3O3S/c28-24(25-26-16-21-8-3-9-22(21)17-26)13-18-5-4-12-27(15-18)31(29,30)23-11-10-19-6-1-2-7-20(19)14-23/h1-2,6-7,10-11,14,18,21-22H,3-5,8-9,12-13,15-17H2,(H,25,28). The SMILES string of the molecule is O=C(CC1CCCN(S(=O)(=O)c2ccc3ccccc3c2)C1)NN1CC2CCCC2C1. The molecule has 3 unspecified atom stereocenters. The first-order chi connectivity index (χ1) is 15.0. The normalized spacial score (nSPS) is 27.4. The number of nitrogens with zero attached hydrogens (tertiary/aromatic N) is 2. The number of amides is 1. The second-order valence-electron chi connectivity index (χ2n) is 9.48. The second kappa shape index (κ2) is 8.52. The fraction of sp³-hybridized carbons (Fsp3) is 0.542. The summed E-state index contributed by atoms with van der Waals surface area (Å²) in [4.78, 5) is 13.0. The Hall–Kier alpha value is -1.96. The molecular weight excluding hydrogens is 410 g/mol. The molecule has 6 nitrogen and oxygen atoms in total. The Balaban J connectivity index is 1.21. The highest BCUT2D eigenvalue weighted by molar-refractivity contribution is 7.89. The highest BCUT2D eigenvalue weighted by Gasteiger charge is 2.37. The van der Waals surface area contributed by atoms with Crippen molar-refractivity contribution in [1.82, 2.24) is 14.7 Å². The number of carbonyl (C=O) groups is 1. The number of piperidine rings is 1. The lowest BCUT2D eigenvalue weighted by atomic mass is 9.96. The van der Waals surface area contributed by atoms with Crippen molar-refractivity contribution in [2.75, 3.05) is 26.2 Å². The minimum Gasteiger partial charge on any atom is -0.289 e. The van der Waals surface area contributed by atoms with Gasteiger partial charge < -0.3 is 0 Å². The number of sulfonamides is 1. The van der Waals surface area contributed by atoms with E-state index in [4.69, 9.17) is 0 Å². The third-order valence-corrected chi connectivity index (χ3v) is 9.18. The van der Waals surface area contributed by atoms with E-state index in [0.29, 0.717) is 24.4 Å². The van der Waals surface area contributed by atoms with Gasteiger partial charge in [0, 0.05) is 32.6 Å². The largest absolute Gasteiger partial charge is 0.289 e. The summed E-state index contributed by atoms with van der Waals surface area (Å²) in [6.07, 6.45) is 5.94. The van der Waals surface area contributed by atoms with Crippen molar-refractivity contribution >= 4 is 26.7 Å². The Morgan fingerprint density at radius 3 is 2.45 bits per heavy atom. The van der Waals surface area contributed by atoms with Gasteiger partial charge in [0.2, 0.25) is 15.9 Å². The number of hydrogen-bond acceptors (Lipinski definition) is 4. The van der Waals surface area contributed by atoms with E-state index in [0.717, 1.165) is 48.5 Å². The molecule has 1 N–H and O–H groups in total. The van der Waals surface area contributed by atoms with Crippen LogP contribution in [0.15, 0.2) is 47.4 Å². The third kappa shape index (κ3) is 4.36. The van der Waals surface area contributed by atoms with E-state index < -0.39 is 10.0 Å². The van der Waals surface area contributed by atoms with Crippen LogP contribution < -0.4 is 5.43 Å². The molecule has 2 aliphatic heterocycles. The van der Waals surface area contributed by atoms with Crippen LogP contribution in [0.4, 0.5) is 0 Å². The number of nitrogens with one attached hydrogen (secondary N) is 1. The topological polar surface area (TPSA) is 69.7 Å². The molecule has 0 spiro atoms. The second-order valence-corrected chi connectivity index (χ2v) is 11.4. The van der Waals surface area contributed by atoms with Crippen LogP contribution in [0.2, 0.25) is 0 Å². The molecule has 1 amide bonds. The van der Waals surface area contributed by atoms with Crippen LogP contribution in [-0.2, 0) is 14.8 Å². The molecule has 3 fully saturated rings. The van der Waals surface area contributed by atoms with Crippen molar-refractivity contribution in [1.29, 1.82) is 0 Å². The Bertz CT molecular complexity index is 1060. The maximum absolute atomic E-state index is 13.3. The minimum atomic E-state index is -3.56. The summed E-state index contributed by atoms with van der Waals surface area (Å²) in [5.74, 6) is 1.55. The van der Waals surface area contributed by atoms with Crippen LogP contribution in [0, 0.1) is 17.8 Å². The van der Waals surface area contributed by atoms with E-state index in [2.05, 4.69) is 10.4 Å². The predicted octanol–water partition coefficient (Wildman–Crippen LogP) is 3.39. The van der Waals surface area contributed by atoms with Gasteiger partial charge in [-0.1, -0.05) is 36.8 Å². The van der Waals surface area contributed by atoms with Gasteiger partial charge in [-0.3, -0.25) is 10.2 Å². The molecule has 5 rings (SSSR count). The number of hydrogen-bond donors (Lipinski definition) is 1. The number of rotatable bonds is 5. The van der Waals surface area contributed by atoms with Gasteiger partial charge in [-0.15, -0.1) is 0 Å². The monoisotopic (exact) mass is 441 g/mol. The molecular formula is C24H31N3O3S. The van der Waals surface area contributed by atoms with Crippen molar-refractivity contribution in [2.45, 2.75) is 43.4 Å². The van der Waals surface area contributed by atoms with E-state index in [1.807, 2.05) is 30.3 Å². The molecule has 0 aromatic heterocycles. The van der Waals surface area contributed by atoms with Crippen molar-refractivity contribution in [3.63, 3.8) is 0 Å². The van der Waals surface area contributed by atoms with Gasteiger partial charge in [-0.2, -0.15) is 4.31 Å². The number of benzene rings is 2. The van der Waals surface area contributed by atoms with Crippen molar-refractivity contribution in [3.8, 4) is 0 Å². The maximum Gasteiger partial charge on any atom is 0.243 e. The lowest BCUT2D eigenvalue weighted by Gasteiger charge is -2.32. The number of carbonyl (C=O) groups excluding carboxylic acids is 1. The molecule has 2 saturated heterocycles. The molecule has 3 atom stereocenters. The van der Waals surface area contributed by atoms with Crippen LogP contribution in [0.25, 0.3) is 10.8 Å². The highest BCUT2D eigenvalue weighted by atomic mass is 32.2. The van der Waals surface area contributed by atoms with Gasteiger partial charge in [0.05, 0.1) is 4.90 Å². The lowest BCUT2D eigenvalue weighted by Crippen LogP contribution is -2.44. The first-order valence-corrected chi connectivity index (χ1v) is 13.0. The zero-order chi connectivity index (χ0) is 21.4. The Morgan fingerprint density at radius 1 is 0.935 bits per heavy atom. The van der Waals surface area contributed by atoms with E-state index in [-0.39, 0.29) is 11.8 Å². The van der Waals surface area contributed by atoms with Crippen LogP contribution in [0.3, 0.4) is 0 Å². The van der Waals surface area contributed by atoms with Crippen LogP contribution >= 0.6 is 0 Å². The molecule has 7 heteroatoms. The summed E-state index contributed by atoms with van der Waals surface area (Å²) < 4.78 is 28.1. The molecule has 0 radical (unpaired) electrons. The summed E-state index contributed by atoms with van der Waals surface area (Å²) in [6, 6.07) is 13.1. The van der Waals surface area contributed by atoms with E-state index in [9.17, 15) is 13.2 Å². The summed E-state index contributed by atoms with van der Waals surface area (Å²) in [7, 11) is -3.56. The molecule has 1 saturated carbocycles. The van der Waals surface area contributed by atoms with Crippen LogP contribution in [-0.4, -0.2) is 49.8 Å². The minimum absolute atomic E-state index is 0.0231. The highest BCUT2D eigenvalue weighted by Crippen LogP contribution is 2.37. The van der Waals surface area contributed by atoms with Crippen LogP contribution in [0.5, 0.6) is 0 Å². The summed E-state index contributed by atoms with van der Waals surface area (Å²) in [6.45, 7) is 2.85. The van der Waals surface area contributed by atoms with E-state index >= 15 is 0 Å². The van der Waals surface area contributed by atoms with Gasteiger partial charge in [0.15, 0.2) is 0 Å². The molecule has 31 heavy (non-hydrogen) atoms. The Kier molecular flexibility index (Phi) is 5.75. The molecule has 166 valence electrons. The van der Waals surface area contributed by atoms with Crippen molar-refractivity contribution in [2.24, 2.45) is 17.8 Å². The molecule has 1 aliphatic carbocycles. The number of hydrazine groups is 1. The van der Waals surface area contributed by atoms with Gasteiger partial charge in [-0.25, -0.2) is 13.4 Å². The first kappa shape index (κ1) is 20.9. The molecule has 2 aromatic carbocycles. The fourth-order valence-corrected chi connectivity index (χ4v) is 7.29.